The molecule has 0 aromatic heterocycles. The van der Waals surface area contributed by atoms with Gasteiger partial charge in [-0.25, -0.2) is 4.79 Å². The molecule has 25 heteroatoms. The third-order valence-electron chi connectivity index (χ3n) is 7.88. The molecule has 0 saturated carbocycles. The van der Waals surface area contributed by atoms with E-state index in [1.165, 1.54) is 0 Å². The van der Waals surface area contributed by atoms with E-state index in [2.05, 4.69) is 21.3 Å². The summed E-state index contributed by atoms with van der Waals surface area (Å²) in [5.41, 5.74) is 11.1. The van der Waals surface area contributed by atoms with Gasteiger partial charge in [-0.2, -0.15) is 0 Å². The minimum Gasteiger partial charge on any atom is -0.481 e. The van der Waals surface area contributed by atoms with Gasteiger partial charge in [0.2, 0.25) is 47.3 Å². The first kappa shape index (κ1) is 52.6. The van der Waals surface area contributed by atoms with E-state index in [4.69, 9.17) is 16.6 Å². The van der Waals surface area contributed by atoms with Crippen LogP contribution in [-0.4, -0.2) is 141 Å². The molecule has 8 amide bonds. The summed E-state index contributed by atoms with van der Waals surface area (Å²) in [6.07, 6.45) is -3.96. The Kier molecular flexibility index (Phi) is 23.6. The van der Waals surface area contributed by atoms with E-state index in [0.717, 1.165) is 0 Å². The first-order valence-corrected chi connectivity index (χ1v) is 18.3. The van der Waals surface area contributed by atoms with Gasteiger partial charge >= 0.3 is 23.9 Å². The molecule has 0 fully saturated rings. The second-order valence-corrected chi connectivity index (χ2v) is 14.2. The van der Waals surface area contributed by atoms with Gasteiger partial charge in [0.25, 0.3) is 0 Å². The molecule has 0 heterocycles. The fourth-order valence-corrected chi connectivity index (χ4v) is 5.07. The van der Waals surface area contributed by atoms with Crippen molar-refractivity contribution < 1.29 is 78.0 Å². The molecule has 0 bridgehead atoms. The van der Waals surface area contributed by atoms with Crippen molar-refractivity contribution in [3.63, 3.8) is 0 Å². The molecule has 0 aromatic carbocycles. The minimum atomic E-state index is -1.92. The minimum absolute atomic E-state index is 0.0813. The van der Waals surface area contributed by atoms with Crippen molar-refractivity contribution in [1.29, 1.82) is 0 Å². The van der Waals surface area contributed by atoms with Gasteiger partial charge in [-0.3, -0.25) is 52.7 Å². The molecule has 0 unspecified atom stereocenters. The van der Waals surface area contributed by atoms with Crippen molar-refractivity contribution >= 4 is 71.1 Å². The van der Waals surface area contributed by atoms with Crippen LogP contribution in [0.2, 0.25) is 0 Å². The van der Waals surface area contributed by atoms with Gasteiger partial charge in [-0.15, -0.1) is 0 Å². The fourth-order valence-electron chi connectivity index (χ4n) is 5.07. The molecule has 332 valence electrons. The van der Waals surface area contributed by atoms with Gasteiger partial charge in [-0.05, 0) is 37.5 Å². The van der Waals surface area contributed by atoms with Gasteiger partial charge < -0.3 is 69.1 Å². The Morgan fingerprint density at radius 2 is 0.881 bits per heavy atom. The molecule has 0 aliphatic heterocycles. The van der Waals surface area contributed by atoms with E-state index in [1.807, 2.05) is 29.8 Å². The van der Waals surface area contributed by atoms with E-state index in [9.17, 15) is 72.9 Å². The van der Waals surface area contributed by atoms with Crippen molar-refractivity contribution in [3.8, 4) is 0 Å². The predicted octanol–water partition coefficient (Wildman–Crippen LogP) is -4.77. The maximum atomic E-state index is 13.2. The Labute approximate surface area is 337 Å². The highest BCUT2D eigenvalue weighted by atomic mass is 16.4. The normalized spacial score (nSPS) is 13.9. The standard InChI is InChI=1S/C34H55N9O16/c1-15(2)9-17(35)29(53)42-20(10-16(3)4)30(54)37-13-24(45)39-18(5-7-26(47)48)32(56)43-21(11-23(36)44)31(55)38-14-25(46)40-22(12-28(51)52)33(57)41-19(34(58)59)6-8-27(49)50/h15-22H,5-14,35H2,1-4H3,(H2,36,44)(H,37,54)(H,38,55)(H,39,45)(H,40,46)(H,41,57)(H,42,53)(H,43,56)(H,47,48)(H,49,50)(H,51,52)(H,58,59)/t17-,18-,19-,20-,21-,22-/m0/s1. The Morgan fingerprint density at radius 3 is 1.32 bits per heavy atom. The number of carboxylic acid groups (broad SMARTS) is 4. The second kappa shape index (κ2) is 26.5. The number of carbonyl (C=O) groups is 12. The third-order valence-corrected chi connectivity index (χ3v) is 7.88. The molecule has 59 heavy (non-hydrogen) atoms. The topological polar surface area (TPSA) is 422 Å². The number of primary amides is 1. The lowest BCUT2D eigenvalue weighted by Gasteiger charge is -2.24. The summed E-state index contributed by atoms with van der Waals surface area (Å²) < 4.78 is 0. The summed E-state index contributed by atoms with van der Waals surface area (Å²) in [6.45, 7) is 5.52. The molecule has 15 N–H and O–H groups in total. The maximum absolute atomic E-state index is 13.2. The predicted molar refractivity (Wildman–Crippen MR) is 200 cm³/mol. The van der Waals surface area contributed by atoms with Crippen LogP contribution in [0.5, 0.6) is 0 Å². The maximum Gasteiger partial charge on any atom is 0.326 e. The molecule has 25 nitrogen and oxygen atoms in total. The van der Waals surface area contributed by atoms with Crippen molar-refractivity contribution in [3.05, 3.63) is 0 Å². The van der Waals surface area contributed by atoms with Gasteiger partial charge in [-0.1, -0.05) is 27.7 Å². The molecule has 0 rings (SSSR count). The summed E-state index contributed by atoms with van der Waals surface area (Å²) in [5, 5.41) is 51.6. The molecule has 0 aliphatic rings. The summed E-state index contributed by atoms with van der Waals surface area (Å²) in [6, 6.07) is -9.20. The molecule has 0 radical (unpaired) electrons. The van der Waals surface area contributed by atoms with Crippen LogP contribution in [0.25, 0.3) is 0 Å². The molecule has 0 aromatic rings. The largest absolute Gasteiger partial charge is 0.481 e. The number of carbonyl (C=O) groups excluding carboxylic acids is 8. The highest BCUT2D eigenvalue weighted by molar-refractivity contribution is 5.98. The van der Waals surface area contributed by atoms with Gasteiger partial charge in [0.15, 0.2) is 0 Å². The summed E-state index contributed by atoms with van der Waals surface area (Å²) >= 11 is 0. The quantitative estimate of drug-likeness (QED) is 0.0336. The van der Waals surface area contributed by atoms with E-state index in [-0.39, 0.29) is 18.3 Å². The summed E-state index contributed by atoms with van der Waals surface area (Å²) in [5.74, 6) is -14.5. The lowest BCUT2D eigenvalue weighted by atomic mass is 10.0. The van der Waals surface area contributed by atoms with Gasteiger partial charge in [0, 0.05) is 12.8 Å². The van der Waals surface area contributed by atoms with E-state index < -0.39 is 159 Å². The Bertz CT molecular complexity index is 1570. The van der Waals surface area contributed by atoms with E-state index >= 15 is 0 Å². The molecule has 0 saturated heterocycles. The second-order valence-electron chi connectivity index (χ2n) is 14.2. The van der Waals surface area contributed by atoms with E-state index in [0.29, 0.717) is 6.42 Å². The number of carboxylic acids is 4. The average molecular weight is 846 g/mol. The molecule has 0 aliphatic carbocycles. The number of amides is 8. The van der Waals surface area contributed by atoms with Crippen molar-refractivity contribution in [1.82, 2.24) is 37.2 Å². The number of nitrogens with one attached hydrogen (secondary N) is 7. The van der Waals surface area contributed by atoms with Crippen LogP contribution in [0.3, 0.4) is 0 Å². The van der Waals surface area contributed by atoms with Crippen molar-refractivity contribution in [2.45, 2.75) is 115 Å². The van der Waals surface area contributed by atoms with Crippen molar-refractivity contribution in [2.24, 2.45) is 23.3 Å². The first-order valence-electron chi connectivity index (χ1n) is 18.3. The Balaban J connectivity index is 5.79. The third kappa shape index (κ3) is 23.4. The number of rotatable bonds is 29. The zero-order valence-corrected chi connectivity index (χ0v) is 33.0. The fraction of sp³-hybridized carbons (Fsp3) is 0.647. The number of aliphatic carboxylic acids is 4. The van der Waals surface area contributed by atoms with Gasteiger partial charge in [0.05, 0.1) is 32.0 Å². The van der Waals surface area contributed by atoms with Crippen LogP contribution in [0, 0.1) is 11.8 Å². The highest BCUT2D eigenvalue weighted by Gasteiger charge is 2.32. The average Bonchev–Trinajstić information content (AvgIpc) is 3.10. The van der Waals surface area contributed by atoms with Crippen LogP contribution < -0.4 is 48.7 Å². The summed E-state index contributed by atoms with van der Waals surface area (Å²) in [4.78, 5) is 147. The number of hydrogen-bond acceptors (Lipinski definition) is 13. The smallest absolute Gasteiger partial charge is 0.326 e. The number of hydrogen-bond donors (Lipinski definition) is 13. The van der Waals surface area contributed by atoms with Crippen LogP contribution in [0.4, 0.5) is 0 Å². The number of nitrogens with two attached hydrogens (primary N) is 2. The SMILES string of the molecule is CC(C)C[C@H](NC(=O)[C@@H](N)CC(C)C)C(=O)NCC(=O)N[C@@H](CCC(=O)O)C(=O)N[C@@H](CC(N)=O)C(=O)NCC(=O)N[C@@H](CC(=O)O)C(=O)N[C@@H](CCC(=O)O)C(=O)O. The van der Waals surface area contributed by atoms with Crippen LogP contribution in [0.1, 0.15) is 79.1 Å². The van der Waals surface area contributed by atoms with Crippen LogP contribution in [-0.2, 0) is 57.5 Å². The first-order chi connectivity index (χ1) is 27.3. The van der Waals surface area contributed by atoms with Crippen LogP contribution in [0.15, 0.2) is 0 Å². The van der Waals surface area contributed by atoms with Crippen LogP contribution >= 0.6 is 0 Å². The molecular formula is C34H55N9O16. The monoisotopic (exact) mass is 845 g/mol. The lowest BCUT2D eigenvalue weighted by molar-refractivity contribution is -0.144. The highest BCUT2D eigenvalue weighted by Crippen LogP contribution is 2.08. The van der Waals surface area contributed by atoms with Gasteiger partial charge in [0.1, 0.15) is 30.2 Å². The van der Waals surface area contributed by atoms with Crippen molar-refractivity contribution in [2.75, 3.05) is 13.1 Å². The molecule has 6 atom stereocenters. The Morgan fingerprint density at radius 1 is 0.475 bits per heavy atom. The lowest BCUT2D eigenvalue weighted by Crippen LogP contribution is -2.57. The van der Waals surface area contributed by atoms with E-state index in [1.54, 1.807) is 13.8 Å². The zero-order chi connectivity index (χ0) is 45.6. The molecular weight excluding hydrogens is 790 g/mol. The molecule has 0 spiro atoms. The Hall–Kier alpha value is -6.40. The summed E-state index contributed by atoms with van der Waals surface area (Å²) in [7, 11) is 0. The zero-order valence-electron chi connectivity index (χ0n) is 33.0.